The van der Waals surface area contributed by atoms with E-state index in [1.54, 1.807) is 25.1 Å². The molecule has 0 spiro atoms. The Bertz CT molecular complexity index is 709. The number of para-hydroxylation sites is 1. The largest absolute Gasteiger partial charge is 0.491 e. The minimum atomic E-state index is -0.418. The number of hydrogen-bond donors (Lipinski definition) is 1. The second-order valence-electron chi connectivity index (χ2n) is 5.52. The zero-order valence-corrected chi connectivity index (χ0v) is 12.8. The van der Waals surface area contributed by atoms with E-state index in [-0.39, 0.29) is 6.04 Å². The normalized spacial score (nSPS) is 21.3. The van der Waals surface area contributed by atoms with Crippen LogP contribution in [0.5, 0.6) is 5.75 Å². The highest BCUT2D eigenvalue weighted by molar-refractivity contribution is 5.42. The molecule has 2 atom stereocenters. The van der Waals surface area contributed by atoms with Crippen molar-refractivity contribution in [2.24, 2.45) is 0 Å². The molecule has 1 aliphatic rings. The first kappa shape index (κ1) is 15.5. The van der Waals surface area contributed by atoms with Gasteiger partial charge < -0.3 is 14.3 Å². The number of nitrogens with zero attached hydrogens (tertiary/aromatic N) is 4. The first-order valence-electron chi connectivity index (χ1n) is 7.51. The summed E-state index contributed by atoms with van der Waals surface area (Å²) in [6.45, 7) is 3.29. The third-order valence-electron chi connectivity index (χ3n) is 3.85. The number of aliphatic hydroxyl groups is 1. The molecule has 120 valence electrons. The van der Waals surface area contributed by atoms with Crippen LogP contribution in [-0.4, -0.2) is 46.0 Å². The molecule has 3 rings (SSSR count). The van der Waals surface area contributed by atoms with E-state index in [4.69, 9.17) is 14.4 Å². The predicted octanol–water partition coefficient (Wildman–Crippen LogP) is 1.44. The number of hydrogen-bond acceptors (Lipinski definition) is 7. The van der Waals surface area contributed by atoms with Gasteiger partial charge in [-0.3, -0.25) is 4.90 Å². The predicted molar refractivity (Wildman–Crippen MR) is 80.6 cm³/mol. The fourth-order valence-electron chi connectivity index (χ4n) is 2.79. The van der Waals surface area contributed by atoms with Gasteiger partial charge in [0.2, 0.25) is 11.8 Å². The maximum atomic E-state index is 9.92. The molecule has 0 saturated carbocycles. The lowest BCUT2D eigenvalue weighted by molar-refractivity contribution is 0.157. The molecule has 1 fully saturated rings. The molecular weight excluding hydrogens is 296 g/mol. The van der Waals surface area contributed by atoms with Crippen LogP contribution in [0.1, 0.15) is 29.8 Å². The average Bonchev–Trinajstić information content (AvgIpc) is 3.13. The van der Waals surface area contributed by atoms with E-state index in [1.165, 1.54) is 0 Å². The minimum Gasteiger partial charge on any atom is -0.491 e. The highest BCUT2D eigenvalue weighted by Gasteiger charge is 2.35. The summed E-state index contributed by atoms with van der Waals surface area (Å²) in [4.78, 5) is 2.06. The lowest BCUT2D eigenvalue weighted by Crippen LogP contribution is -2.29. The van der Waals surface area contributed by atoms with Gasteiger partial charge in [-0.1, -0.05) is 12.1 Å². The summed E-state index contributed by atoms with van der Waals surface area (Å²) >= 11 is 0. The van der Waals surface area contributed by atoms with Crippen molar-refractivity contribution in [3.8, 4) is 11.8 Å². The molecule has 7 heteroatoms. The van der Waals surface area contributed by atoms with Crippen LogP contribution in [0.4, 0.5) is 0 Å². The van der Waals surface area contributed by atoms with Crippen LogP contribution in [0.3, 0.4) is 0 Å². The molecule has 1 aromatic carbocycles. The SMILES string of the molecule is Cc1nnc([C@H]2C[C@@H](O)CN2CCOc2ccccc2C#N)o1. The molecule has 7 nitrogen and oxygen atoms in total. The molecule has 1 aliphatic heterocycles. The highest BCUT2D eigenvalue weighted by atomic mass is 16.5. The molecule has 1 N–H and O–H groups in total. The Morgan fingerprint density at radius 1 is 1.43 bits per heavy atom. The van der Waals surface area contributed by atoms with Gasteiger partial charge in [-0.25, -0.2) is 0 Å². The monoisotopic (exact) mass is 314 g/mol. The van der Waals surface area contributed by atoms with E-state index in [0.717, 1.165) is 0 Å². The summed E-state index contributed by atoms with van der Waals surface area (Å²) in [5, 5.41) is 26.9. The fourth-order valence-corrected chi connectivity index (χ4v) is 2.79. The van der Waals surface area contributed by atoms with Crippen LogP contribution in [0.15, 0.2) is 28.7 Å². The Labute approximate surface area is 134 Å². The molecule has 1 saturated heterocycles. The van der Waals surface area contributed by atoms with Crippen molar-refractivity contribution in [1.29, 1.82) is 5.26 Å². The smallest absolute Gasteiger partial charge is 0.233 e. The zero-order chi connectivity index (χ0) is 16.2. The quantitative estimate of drug-likeness (QED) is 0.892. The highest BCUT2D eigenvalue weighted by Crippen LogP contribution is 2.31. The van der Waals surface area contributed by atoms with Crippen LogP contribution in [0.2, 0.25) is 0 Å². The third-order valence-corrected chi connectivity index (χ3v) is 3.85. The van der Waals surface area contributed by atoms with Crippen LogP contribution < -0.4 is 4.74 Å². The molecule has 1 aromatic heterocycles. The molecule has 0 radical (unpaired) electrons. The molecule has 2 aromatic rings. The van der Waals surface area contributed by atoms with E-state index >= 15 is 0 Å². The summed E-state index contributed by atoms with van der Waals surface area (Å²) in [6, 6.07) is 9.14. The average molecular weight is 314 g/mol. The standard InChI is InChI=1S/C16H18N4O3/c1-11-18-19-16(23-11)14-8-13(21)10-20(14)6-7-22-15-5-3-2-4-12(15)9-17/h2-5,13-14,21H,6-8,10H2,1H3/t13-,14-/m1/s1. The van der Waals surface area contributed by atoms with Gasteiger partial charge in [0.25, 0.3) is 0 Å². The molecule has 0 unspecified atom stereocenters. The second-order valence-corrected chi connectivity index (χ2v) is 5.52. The Hall–Kier alpha value is -2.43. The van der Waals surface area contributed by atoms with E-state index in [0.29, 0.717) is 49.2 Å². The number of benzene rings is 1. The number of β-amino-alcohol motifs (C(OH)–C–C–N with tert-alkyl or cyclic N) is 1. The number of aromatic nitrogens is 2. The van der Waals surface area contributed by atoms with Gasteiger partial charge in [0.05, 0.1) is 17.7 Å². The van der Waals surface area contributed by atoms with Crippen molar-refractivity contribution in [3.05, 3.63) is 41.6 Å². The van der Waals surface area contributed by atoms with Crippen molar-refractivity contribution in [1.82, 2.24) is 15.1 Å². The van der Waals surface area contributed by atoms with E-state index in [1.807, 2.05) is 6.07 Å². The second kappa shape index (κ2) is 6.77. The summed E-state index contributed by atoms with van der Waals surface area (Å²) in [6.07, 6.45) is 0.148. The fraction of sp³-hybridized carbons (Fsp3) is 0.438. The Morgan fingerprint density at radius 2 is 2.26 bits per heavy atom. The lowest BCUT2D eigenvalue weighted by Gasteiger charge is -2.21. The zero-order valence-electron chi connectivity index (χ0n) is 12.8. The van der Waals surface area contributed by atoms with Crippen molar-refractivity contribution >= 4 is 0 Å². The molecule has 0 aliphatic carbocycles. The van der Waals surface area contributed by atoms with Crippen molar-refractivity contribution in [2.45, 2.75) is 25.5 Å². The molecule has 23 heavy (non-hydrogen) atoms. The number of rotatable bonds is 5. The number of nitriles is 1. The summed E-state index contributed by atoms with van der Waals surface area (Å²) in [7, 11) is 0. The van der Waals surface area contributed by atoms with Gasteiger partial charge in [0.1, 0.15) is 18.4 Å². The molecule has 0 amide bonds. The third kappa shape index (κ3) is 3.50. The topological polar surface area (TPSA) is 95.4 Å². The van der Waals surface area contributed by atoms with E-state index in [2.05, 4.69) is 21.2 Å². The van der Waals surface area contributed by atoms with Crippen LogP contribution in [0.25, 0.3) is 0 Å². The summed E-state index contributed by atoms with van der Waals surface area (Å²) in [5.41, 5.74) is 0.512. The van der Waals surface area contributed by atoms with Crippen LogP contribution in [0, 0.1) is 18.3 Å². The number of aryl methyl sites for hydroxylation is 1. The van der Waals surface area contributed by atoms with Gasteiger partial charge in [-0.15, -0.1) is 10.2 Å². The minimum absolute atomic E-state index is 0.0963. The summed E-state index contributed by atoms with van der Waals surface area (Å²) in [5.74, 6) is 1.61. The van der Waals surface area contributed by atoms with Gasteiger partial charge in [0.15, 0.2) is 0 Å². The van der Waals surface area contributed by atoms with E-state index in [9.17, 15) is 5.11 Å². The number of likely N-dealkylation sites (tertiary alicyclic amines) is 1. The van der Waals surface area contributed by atoms with Crippen LogP contribution in [-0.2, 0) is 0 Å². The Kier molecular flexibility index (Phi) is 4.55. The van der Waals surface area contributed by atoms with Crippen molar-refractivity contribution in [2.75, 3.05) is 19.7 Å². The van der Waals surface area contributed by atoms with Gasteiger partial charge in [0, 0.05) is 20.0 Å². The van der Waals surface area contributed by atoms with E-state index < -0.39 is 6.10 Å². The van der Waals surface area contributed by atoms with Gasteiger partial charge >= 0.3 is 0 Å². The first-order valence-corrected chi connectivity index (χ1v) is 7.51. The van der Waals surface area contributed by atoms with Gasteiger partial charge in [-0.2, -0.15) is 5.26 Å². The number of ether oxygens (including phenoxy) is 1. The summed E-state index contributed by atoms with van der Waals surface area (Å²) < 4.78 is 11.2. The first-order chi connectivity index (χ1) is 11.2. The maximum Gasteiger partial charge on any atom is 0.233 e. The van der Waals surface area contributed by atoms with Gasteiger partial charge in [-0.05, 0) is 18.6 Å². The molecule has 0 bridgehead atoms. The van der Waals surface area contributed by atoms with Crippen molar-refractivity contribution < 1.29 is 14.3 Å². The molecule has 2 heterocycles. The Balaban J connectivity index is 1.61. The van der Waals surface area contributed by atoms with Crippen LogP contribution >= 0.6 is 0 Å². The maximum absolute atomic E-state index is 9.92. The Morgan fingerprint density at radius 3 is 3.00 bits per heavy atom. The number of aliphatic hydroxyl groups excluding tert-OH is 1. The van der Waals surface area contributed by atoms with Crippen molar-refractivity contribution in [3.63, 3.8) is 0 Å². The lowest BCUT2D eigenvalue weighted by atomic mass is 10.2. The molecular formula is C16H18N4O3.